The monoisotopic (exact) mass is 393 g/mol. The number of thioether (sulfide) groups is 1. The quantitative estimate of drug-likeness (QED) is 0.435. The van der Waals surface area contributed by atoms with E-state index in [1.807, 2.05) is 40.9 Å². The van der Waals surface area contributed by atoms with Crippen LogP contribution >= 0.6 is 11.8 Å². The molecule has 0 bridgehead atoms. The first-order valence-electron chi connectivity index (χ1n) is 9.31. The summed E-state index contributed by atoms with van der Waals surface area (Å²) in [7, 11) is 0. The molecule has 0 amide bonds. The van der Waals surface area contributed by atoms with Gasteiger partial charge in [-0.3, -0.25) is 0 Å². The Morgan fingerprint density at radius 1 is 1.07 bits per heavy atom. The third-order valence-electron chi connectivity index (χ3n) is 4.44. The summed E-state index contributed by atoms with van der Waals surface area (Å²) in [6.45, 7) is 7.44. The lowest BCUT2D eigenvalue weighted by Gasteiger charge is -2.10. The van der Waals surface area contributed by atoms with Gasteiger partial charge in [-0.15, -0.1) is 10.2 Å². The lowest BCUT2D eigenvalue weighted by molar-refractivity contribution is 0.288. The first kappa shape index (κ1) is 18.6. The van der Waals surface area contributed by atoms with Crippen molar-refractivity contribution in [3.8, 4) is 5.75 Å². The Morgan fingerprint density at radius 2 is 1.89 bits per heavy atom. The third-order valence-corrected chi connectivity index (χ3v) is 5.44. The van der Waals surface area contributed by atoms with Crippen molar-refractivity contribution >= 4 is 17.4 Å². The fourth-order valence-electron chi connectivity index (χ4n) is 3.21. The molecule has 7 heteroatoms. The number of benzene rings is 1. The highest BCUT2D eigenvalue weighted by Gasteiger charge is 2.13. The zero-order chi connectivity index (χ0) is 19.5. The van der Waals surface area contributed by atoms with Crippen molar-refractivity contribution in [1.29, 1.82) is 0 Å². The molecule has 1 aromatic carbocycles. The Kier molecular flexibility index (Phi) is 5.34. The zero-order valence-electron chi connectivity index (χ0n) is 16.3. The third kappa shape index (κ3) is 4.04. The predicted molar refractivity (Wildman–Crippen MR) is 111 cm³/mol. The van der Waals surface area contributed by atoms with E-state index in [1.165, 1.54) is 11.1 Å². The minimum Gasteiger partial charge on any atom is -0.486 e. The van der Waals surface area contributed by atoms with E-state index in [1.54, 1.807) is 11.8 Å². The first-order chi connectivity index (χ1) is 13.6. The van der Waals surface area contributed by atoms with E-state index in [9.17, 15) is 0 Å². The molecule has 0 N–H and O–H groups in total. The molecule has 0 unspecified atom stereocenters. The van der Waals surface area contributed by atoms with Gasteiger partial charge >= 0.3 is 0 Å². The van der Waals surface area contributed by atoms with Crippen LogP contribution in [-0.2, 0) is 18.9 Å². The minimum absolute atomic E-state index is 0.401. The summed E-state index contributed by atoms with van der Waals surface area (Å²) >= 11 is 1.65. The van der Waals surface area contributed by atoms with Crippen molar-refractivity contribution in [1.82, 2.24) is 24.1 Å². The van der Waals surface area contributed by atoms with Crippen molar-refractivity contribution < 1.29 is 4.74 Å². The standard InChI is InChI=1S/C21H23N5OS/c1-4-26-20(13-27-18-10-15(2)9-16(3)11-18)23-24-21(26)28-14-17-12-25-8-6-5-7-19(25)22-17/h5-12H,4,13-14H2,1-3H3. The van der Waals surface area contributed by atoms with Gasteiger partial charge in [-0.1, -0.05) is 23.9 Å². The van der Waals surface area contributed by atoms with Gasteiger partial charge in [0.05, 0.1) is 5.69 Å². The Labute approximate surface area is 168 Å². The number of pyridine rings is 1. The number of aryl methyl sites for hydroxylation is 2. The highest BCUT2D eigenvalue weighted by molar-refractivity contribution is 7.98. The molecule has 0 aliphatic rings. The molecule has 6 nitrogen and oxygen atoms in total. The topological polar surface area (TPSA) is 57.2 Å². The summed E-state index contributed by atoms with van der Waals surface area (Å²) in [6.07, 6.45) is 4.06. The maximum atomic E-state index is 5.96. The molecule has 0 aliphatic heterocycles. The van der Waals surface area contributed by atoms with Gasteiger partial charge < -0.3 is 13.7 Å². The van der Waals surface area contributed by atoms with Gasteiger partial charge in [-0.25, -0.2) is 4.98 Å². The highest BCUT2D eigenvalue weighted by Crippen LogP contribution is 2.23. The Bertz CT molecular complexity index is 1050. The average molecular weight is 394 g/mol. The Balaban J connectivity index is 1.44. The fourth-order valence-corrected chi connectivity index (χ4v) is 4.11. The number of hydrogen-bond acceptors (Lipinski definition) is 5. The number of hydrogen-bond donors (Lipinski definition) is 0. The maximum Gasteiger partial charge on any atom is 0.191 e. The molecule has 3 aromatic heterocycles. The van der Waals surface area contributed by atoms with Crippen molar-refractivity contribution in [2.45, 2.75) is 44.8 Å². The van der Waals surface area contributed by atoms with Crippen LogP contribution < -0.4 is 4.74 Å². The van der Waals surface area contributed by atoms with Crippen LogP contribution in [0.3, 0.4) is 0 Å². The van der Waals surface area contributed by atoms with Crippen LogP contribution in [0.4, 0.5) is 0 Å². The van der Waals surface area contributed by atoms with Gasteiger partial charge in [0.25, 0.3) is 0 Å². The highest BCUT2D eigenvalue weighted by atomic mass is 32.2. The zero-order valence-corrected chi connectivity index (χ0v) is 17.1. The molecule has 0 atom stereocenters. The second-order valence-corrected chi connectivity index (χ2v) is 7.68. The van der Waals surface area contributed by atoms with Crippen molar-refractivity contribution in [3.63, 3.8) is 0 Å². The van der Waals surface area contributed by atoms with E-state index < -0.39 is 0 Å². The molecule has 0 fully saturated rings. The van der Waals surface area contributed by atoms with Crippen LogP contribution in [-0.4, -0.2) is 24.1 Å². The van der Waals surface area contributed by atoms with E-state index in [0.717, 1.165) is 40.4 Å². The van der Waals surface area contributed by atoms with E-state index in [2.05, 4.69) is 52.8 Å². The second-order valence-electron chi connectivity index (χ2n) is 6.74. The van der Waals surface area contributed by atoms with Crippen molar-refractivity contribution in [2.24, 2.45) is 0 Å². The fraction of sp³-hybridized carbons (Fsp3) is 0.286. The molecular weight excluding hydrogens is 370 g/mol. The van der Waals surface area contributed by atoms with Gasteiger partial charge in [0, 0.05) is 24.7 Å². The summed E-state index contributed by atoms with van der Waals surface area (Å²) in [5, 5.41) is 9.60. The summed E-state index contributed by atoms with van der Waals surface area (Å²) in [6, 6.07) is 12.2. The molecular formula is C21H23N5OS. The SMILES string of the molecule is CCn1c(COc2cc(C)cc(C)c2)nnc1SCc1cn2ccccc2n1. The molecule has 3 heterocycles. The number of imidazole rings is 1. The van der Waals surface area contributed by atoms with E-state index in [-0.39, 0.29) is 0 Å². The molecule has 0 spiro atoms. The predicted octanol–water partition coefficient (Wildman–Crippen LogP) is 4.43. The smallest absolute Gasteiger partial charge is 0.191 e. The van der Waals surface area contributed by atoms with Gasteiger partial charge in [0.2, 0.25) is 0 Å². The number of fused-ring (bicyclic) bond motifs is 1. The maximum absolute atomic E-state index is 5.96. The van der Waals surface area contributed by atoms with Gasteiger partial charge in [-0.05, 0) is 56.2 Å². The minimum atomic E-state index is 0.401. The number of ether oxygens (including phenoxy) is 1. The summed E-state index contributed by atoms with van der Waals surface area (Å²) in [4.78, 5) is 4.64. The molecule has 4 rings (SSSR count). The van der Waals surface area contributed by atoms with Gasteiger partial charge in [0.1, 0.15) is 18.0 Å². The number of aromatic nitrogens is 5. The van der Waals surface area contributed by atoms with Crippen LogP contribution in [0.2, 0.25) is 0 Å². The van der Waals surface area contributed by atoms with E-state index >= 15 is 0 Å². The lowest BCUT2D eigenvalue weighted by atomic mass is 10.1. The Hall–Kier alpha value is -2.80. The molecule has 0 saturated heterocycles. The van der Waals surface area contributed by atoms with Crippen LogP contribution in [0, 0.1) is 13.8 Å². The summed E-state index contributed by atoms with van der Waals surface area (Å²) in [5.41, 5.74) is 4.36. The van der Waals surface area contributed by atoms with Gasteiger partial charge in [-0.2, -0.15) is 0 Å². The summed E-state index contributed by atoms with van der Waals surface area (Å²) in [5.74, 6) is 2.44. The number of rotatable bonds is 7. The van der Waals surface area contributed by atoms with Gasteiger partial charge in [0.15, 0.2) is 11.0 Å². The second kappa shape index (κ2) is 8.06. The molecule has 0 saturated carbocycles. The average Bonchev–Trinajstić information content (AvgIpc) is 3.26. The first-order valence-corrected chi connectivity index (χ1v) is 10.3. The number of nitrogens with zero attached hydrogens (tertiary/aromatic N) is 5. The van der Waals surface area contributed by atoms with Crippen molar-refractivity contribution in [2.75, 3.05) is 0 Å². The van der Waals surface area contributed by atoms with Crippen LogP contribution in [0.25, 0.3) is 5.65 Å². The van der Waals surface area contributed by atoms with E-state index in [0.29, 0.717) is 6.61 Å². The molecule has 4 aromatic rings. The van der Waals surface area contributed by atoms with Crippen LogP contribution in [0.15, 0.2) is 53.9 Å². The van der Waals surface area contributed by atoms with E-state index in [4.69, 9.17) is 4.74 Å². The molecule has 144 valence electrons. The largest absolute Gasteiger partial charge is 0.486 e. The Morgan fingerprint density at radius 3 is 2.64 bits per heavy atom. The summed E-state index contributed by atoms with van der Waals surface area (Å²) < 4.78 is 10.1. The molecule has 0 radical (unpaired) electrons. The molecule has 28 heavy (non-hydrogen) atoms. The van der Waals surface area contributed by atoms with Crippen molar-refractivity contribution in [3.05, 3.63) is 71.4 Å². The molecule has 0 aliphatic carbocycles. The lowest BCUT2D eigenvalue weighted by Crippen LogP contribution is -2.07. The normalized spacial score (nSPS) is 11.2. The van der Waals surface area contributed by atoms with Crippen LogP contribution in [0.5, 0.6) is 5.75 Å². The van der Waals surface area contributed by atoms with Crippen LogP contribution in [0.1, 0.15) is 29.6 Å².